The van der Waals surface area contributed by atoms with Gasteiger partial charge in [-0.1, -0.05) is 232 Å². The maximum absolute atomic E-state index is 13.3. The van der Waals surface area contributed by atoms with Gasteiger partial charge < -0.3 is 0 Å². The largest absolute Gasteiger partial charge is 0.280 e. The Balaban J connectivity index is 0.000000185. The first-order valence-electron chi connectivity index (χ1n) is 28.8. The lowest BCUT2D eigenvalue weighted by atomic mass is 9.86. The number of hydrogen-bond donors (Lipinski definition) is 1. The van der Waals surface area contributed by atoms with Gasteiger partial charge in [0.05, 0.1) is 39.5 Å². The van der Waals surface area contributed by atoms with E-state index in [-0.39, 0.29) is 41.4 Å². The van der Waals surface area contributed by atoms with Crippen molar-refractivity contribution >= 4 is 93.6 Å². The first-order chi connectivity index (χ1) is 40.4. The molecule has 1 N–H and O–H groups in total. The molecule has 3 heterocycles. The summed E-state index contributed by atoms with van der Waals surface area (Å²) < 4.78 is 0. The highest BCUT2D eigenvalue weighted by molar-refractivity contribution is 6.33. The molecule has 0 unspecified atom stereocenters. The molecule has 10 rings (SSSR count). The maximum Gasteiger partial charge on any atom is 0.280 e. The summed E-state index contributed by atoms with van der Waals surface area (Å²) in [4.78, 5) is 38.0. The highest BCUT2D eigenvalue weighted by atomic mass is 35.5. The van der Waals surface area contributed by atoms with Gasteiger partial charge in [-0.3, -0.25) is 14.4 Å². The molecule has 0 aromatic heterocycles. The van der Waals surface area contributed by atoms with Crippen LogP contribution >= 0.6 is 34.8 Å². The second kappa shape index (κ2) is 29.0. The third-order valence-electron chi connectivity index (χ3n) is 14.9. The Labute approximate surface area is 524 Å². The molecule has 3 amide bonds. The average Bonchev–Trinajstić information content (AvgIpc) is 4.13. The number of para-hydroxylation sites is 1. The summed E-state index contributed by atoms with van der Waals surface area (Å²) in [5, 5.41) is 18.5. The lowest BCUT2D eigenvalue weighted by Crippen LogP contribution is -2.21. The highest BCUT2D eigenvalue weighted by Crippen LogP contribution is 2.30. The fourth-order valence-corrected chi connectivity index (χ4v) is 10.0. The quantitative estimate of drug-likeness (QED) is 0.116. The first-order valence-corrected chi connectivity index (χ1v) is 29.9. The predicted molar refractivity (Wildman–Crippen MR) is 363 cm³/mol. The van der Waals surface area contributed by atoms with E-state index in [9.17, 15) is 14.4 Å². The Morgan fingerprint density at radius 2 is 0.744 bits per heavy atom. The molecule has 0 radical (unpaired) electrons. The van der Waals surface area contributed by atoms with Gasteiger partial charge in [-0.2, -0.15) is 20.3 Å². The Bertz CT molecular complexity index is 3680. The van der Waals surface area contributed by atoms with Gasteiger partial charge >= 0.3 is 0 Å². The number of rotatable bonds is 13. The third-order valence-corrected chi connectivity index (χ3v) is 15.6. The molecule has 86 heavy (non-hydrogen) atoms. The summed E-state index contributed by atoms with van der Waals surface area (Å²) >= 11 is 17.9. The second-order valence-electron chi connectivity index (χ2n) is 24.5. The number of carbonyl (C=O) groups is 3. The van der Waals surface area contributed by atoms with Gasteiger partial charge in [-0.05, 0) is 172 Å². The van der Waals surface area contributed by atoms with Crippen LogP contribution in [0.15, 0.2) is 208 Å². The second-order valence-corrected chi connectivity index (χ2v) is 25.9. The van der Waals surface area contributed by atoms with Crippen molar-refractivity contribution in [3.63, 3.8) is 0 Å². The summed E-state index contributed by atoms with van der Waals surface area (Å²) in [6, 6.07) is 58.1. The lowest BCUT2D eigenvalue weighted by Gasteiger charge is -2.18. The number of hydrogen-bond acceptors (Lipinski definition) is 6. The van der Waals surface area contributed by atoms with Crippen molar-refractivity contribution in [1.29, 1.82) is 0 Å². The number of carbonyl (C=O) groups excluding carboxylic acids is 3. The van der Waals surface area contributed by atoms with Gasteiger partial charge in [-0.25, -0.2) is 10.4 Å². The van der Waals surface area contributed by atoms with E-state index >= 15 is 0 Å². The first kappa shape index (κ1) is 65.6. The molecule has 0 spiro atoms. The van der Waals surface area contributed by atoms with Crippen LogP contribution in [0.25, 0.3) is 18.2 Å². The molecule has 7 aromatic carbocycles. The van der Waals surface area contributed by atoms with E-state index in [1.165, 1.54) is 37.8 Å². The lowest BCUT2D eigenvalue weighted by molar-refractivity contribution is -0.124. The van der Waals surface area contributed by atoms with Crippen molar-refractivity contribution in [3.05, 3.63) is 258 Å². The van der Waals surface area contributed by atoms with Crippen LogP contribution in [-0.2, 0) is 49.9 Å². The zero-order valence-corrected chi connectivity index (χ0v) is 52.6. The normalized spacial score (nSPS) is 15.6. The van der Waals surface area contributed by atoms with Crippen molar-refractivity contribution in [2.45, 2.75) is 125 Å². The molecule has 0 atom stereocenters. The number of hydrazone groups is 3. The number of anilines is 1. The van der Waals surface area contributed by atoms with E-state index in [4.69, 9.17) is 39.9 Å². The van der Waals surface area contributed by atoms with E-state index in [0.717, 1.165) is 79.4 Å². The molecule has 0 saturated heterocycles. The summed E-state index contributed by atoms with van der Waals surface area (Å²) in [7, 11) is 1.70. The van der Waals surface area contributed by atoms with Gasteiger partial charge in [0.25, 0.3) is 17.7 Å². The molecule has 0 bridgehead atoms. The minimum absolute atomic E-state index is 0. The molecular weight excluding hydrogens is 1130 g/mol. The Morgan fingerprint density at radius 1 is 0.407 bits per heavy atom. The van der Waals surface area contributed by atoms with Crippen molar-refractivity contribution in [2.24, 2.45) is 15.3 Å². The van der Waals surface area contributed by atoms with Crippen LogP contribution in [0.5, 0.6) is 0 Å². The van der Waals surface area contributed by atoms with Gasteiger partial charge in [0.2, 0.25) is 0 Å². The molecule has 0 fully saturated rings. The van der Waals surface area contributed by atoms with Gasteiger partial charge in [0.1, 0.15) is 0 Å². The number of nitrogens with zero attached hydrogens (tertiary/aromatic N) is 5. The monoisotopic (exact) mass is 1200 g/mol. The molecule has 3 aliphatic rings. The maximum atomic E-state index is 13.3. The molecule has 12 heteroatoms. The number of likely N-dealkylation sites (N-methyl/N-ethyl adjacent to an activating group) is 1. The van der Waals surface area contributed by atoms with Crippen LogP contribution in [0, 0.1) is 0 Å². The summed E-state index contributed by atoms with van der Waals surface area (Å²) in [6.45, 7) is 19.7. The number of halogens is 3. The zero-order chi connectivity index (χ0) is 61.1. The van der Waals surface area contributed by atoms with Crippen LogP contribution in [0.1, 0.15) is 139 Å². The number of benzene rings is 7. The topological polar surface area (TPSA) is 107 Å². The van der Waals surface area contributed by atoms with E-state index in [1.54, 1.807) is 7.05 Å². The molecule has 9 nitrogen and oxygen atoms in total. The van der Waals surface area contributed by atoms with Gasteiger partial charge in [0, 0.05) is 22.1 Å². The number of nitrogens with one attached hydrogen (secondary N) is 1. The van der Waals surface area contributed by atoms with Gasteiger partial charge in [0.15, 0.2) is 0 Å². The highest BCUT2D eigenvalue weighted by Gasteiger charge is 2.31. The van der Waals surface area contributed by atoms with E-state index in [0.29, 0.717) is 36.0 Å². The average molecular weight is 1210 g/mol. The zero-order valence-electron chi connectivity index (χ0n) is 50.3. The minimum atomic E-state index is -0.143. The molecule has 0 saturated carbocycles. The summed E-state index contributed by atoms with van der Waals surface area (Å²) in [5.74, 6) is -0.292. The number of amides is 3. The fourth-order valence-electron chi connectivity index (χ4n) is 9.63. The van der Waals surface area contributed by atoms with E-state index in [2.05, 4.69) is 151 Å². The molecular formula is C74H79Cl3N6O3. The standard InChI is InChI=1S/C28H27ClN2O.C23H25ClN2O.C22H23ClN2O.CH4/c1-28(2,3)22-14-9-21(10-15-22)19-25-26(18-13-20-11-16-23(29)17-12-20)30-31(27(25)32)24-7-5-4-6-8-24;1-23(2,3)18-10-5-17(6-11-18)15-20-21(25-26(4)22(20)27)14-9-16-7-12-19(24)13-8-16;1-22(2,3)17-9-4-16(5-10-17)14-19-20(24-25-21(19)26)13-8-15-6-11-18(23)12-7-15;/h4-12,14-17,19H,13,18H2,1-3H3;5-8,10-13,15H,9,14H2,1-4H3;4-7,9-12,14H,8,13H2,1-3H3,(H,25,26);1H4. The molecule has 0 aliphatic carbocycles. The van der Waals surface area contributed by atoms with Gasteiger partial charge in [-0.15, -0.1) is 0 Å². The Morgan fingerprint density at radius 3 is 1.12 bits per heavy atom. The number of aryl methyl sites for hydroxylation is 3. The fraction of sp³-hybridized carbons (Fsp3) is 0.270. The van der Waals surface area contributed by atoms with Crippen LogP contribution in [0.3, 0.4) is 0 Å². The van der Waals surface area contributed by atoms with Crippen LogP contribution in [0.4, 0.5) is 5.69 Å². The molecule has 3 aliphatic heterocycles. The Kier molecular flexibility index (Phi) is 22.1. The third kappa shape index (κ3) is 18.0. The Hall–Kier alpha value is -7.95. The van der Waals surface area contributed by atoms with Crippen LogP contribution in [-0.4, -0.2) is 46.9 Å². The van der Waals surface area contributed by atoms with Crippen molar-refractivity contribution in [3.8, 4) is 0 Å². The summed E-state index contributed by atoms with van der Waals surface area (Å²) in [6.07, 6.45) is 10.3. The van der Waals surface area contributed by atoms with E-state index < -0.39 is 0 Å². The molecule has 7 aromatic rings. The van der Waals surface area contributed by atoms with Crippen molar-refractivity contribution in [1.82, 2.24) is 10.4 Å². The molecule has 444 valence electrons. The van der Waals surface area contributed by atoms with Crippen LogP contribution < -0.4 is 10.4 Å². The van der Waals surface area contributed by atoms with Crippen molar-refractivity contribution < 1.29 is 14.4 Å². The minimum Gasteiger partial charge on any atom is -0.267 e. The summed E-state index contributed by atoms with van der Waals surface area (Å²) in [5.41, 5.74) is 18.4. The smallest absolute Gasteiger partial charge is 0.267 e. The van der Waals surface area contributed by atoms with Crippen LogP contribution in [0.2, 0.25) is 15.1 Å². The van der Waals surface area contributed by atoms with Crippen molar-refractivity contribution in [2.75, 3.05) is 12.1 Å². The SMILES string of the molecule is C.CC(C)(C)c1ccc(C=C2C(=O)N(c3ccccc3)N=C2CCc2ccc(Cl)cc2)cc1.CC(C)(C)c1ccc(C=C2C(=O)NN=C2CCc2ccc(Cl)cc2)cc1.CN1N=C(CCc2ccc(Cl)cc2)C(=Cc2ccc(C(C)(C)C)cc2)C1=O. The van der Waals surface area contributed by atoms with E-state index in [1.807, 2.05) is 121 Å². The predicted octanol–water partition coefficient (Wildman–Crippen LogP) is 18.3.